The topological polar surface area (TPSA) is 85.2 Å². The van der Waals surface area contributed by atoms with Gasteiger partial charge in [0, 0.05) is 12.5 Å². The first-order valence-corrected chi connectivity index (χ1v) is 5.03. The predicted molar refractivity (Wildman–Crippen MR) is 49.5 cm³/mol. The molecule has 1 heterocycles. The standard InChI is InChI=1S/C9H15N3O2/c10-5-7(13)9-11-8(12-14-9)6-3-1-2-4-6/h6-7,13H,1-5,10H2/t7-/m0/s1. The van der Waals surface area contributed by atoms with E-state index in [4.69, 9.17) is 10.3 Å². The van der Waals surface area contributed by atoms with Gasteiger partial charge in [0.25, 0.3) is 5.89 Å². The van der Waals surface area contributed by atoms with Crippen LogP contribution in [0.5, 0.6) is 0 Å². The summed E-state index contributed by atoms with van der Waals surface area (Å²) in [6, 6.07) is 0. The molecule has 1 aliphatic carbocycles. The summed E-state index contributed by atoms with van der Waals surface area (Å²) in [5.41, 5.74) is 5.29. The molecule has 0 radical (unpaired) electrons. The zero-order valence-corrected chi connectivity index (χ0v) is 8.02. The first-order valence-electron chi connectivity index (χ1n) is 5.03. The predicted octanol–water partition coefficient (Wildman–Crippen LogP) is 0.719. The lowest BCUT2D eigenvalue weighted by Crippen LogP contribution is -2.11. The highest BCUT2D eigenvalue weighted by molar-refractivity contribution is 4.99. The Morgan fingerprint density at radius 1 is 1.50 bits per heavy atom. The Morgan fingerprint density at radius 3 is 2.86 bits per heavy atom. The van der Waals surface area contributed by atoms with Gasteiger partial charge in [-0.2, -0.15) is 4.98 Å². The molecule has 0 bridgehead atoms. The molecule has 78 valence electrons. The third-order valence-electron chi connectivity index (χ3n) is 2.69. The number of rotatable bonds is 3. The number of hydrogen-bond donors (Lipinski definition) is 2. The quantitative estimate of drug-likeness (QED) is 0.745. The average Bonchev–Trinajstić information content (AvgIpc) is 2.86. The second kappa shape index (κ2) is 4.06. The molecule has 0 aliphatic heterocycles. The van der Waals surface area contributed by atoms with Gasteiger partial charge in [-0.1, -0.05) is 18.0 Å². The van der Waals surface area contributed by atoms with Crippen molar-refractivity contribution >= 4 is 0 Å². The van der Waals surface area contributed by atoms with Gasteiger partial charge in [-0.05, 0) is 12.8 Å². The second-order valence-electron chi connectivity index (χ2n) is 3.72. The lowest BCUT2D eigenvalue weighted by atomic mass is 10.1. The molecule has 5 nitrogen and oxygen atoms in total. The van der Waals surface area contributed by atoms with Gasteiger partial charge in [0.2, 0.25) is 0 Å². The Hall–Kier alpha value is -0.940. The zero-order chi connectivity index (χ0) is 9.97. The fourth-order valence-corrected chi connectivity index (χ4v) is 1.83. The Balaban J connectivity index is 2.08. The number of hydrogen-bond acceptors (Lipinski definition) is 5. The van der Waals surface area contributed by atoms with Crippen molar-refractivity contribution in [3.63, 3.8) is 0 Å². The van der Waals surface area contributed by atoms with Crippen molar-refractivity contribution in [2.45, 2.75) is 37.7 Å². The Kier molecular flexibility index (Phi) is 2.79. The fraction of sp³-hybridized carbons (Fsp3) is 0.778. The maximum absolute atomic E-state index is 9.36. The third kappa shape index (κ3) is 1.78. The molecular weight excluding hydrogens is 182 g/mol. The van der Waals surface area contributed by atoms with Crippen molar-refractivity contribution in [2.75, 3.05) is 6.54 Å². The van der Waals surface area contributed by atoms with Gasteiger partial charge in [-0.15, -0.1) is 0 Å². The van der Waals surface area contributed by atoms with Crippen LogP contribution in [-0.2, 0) is 0 Å². The van der Waals surface area contributed by atoms with Gasteiger partial charge in [0.15, 0.2) is 5.82 Å². The fourth-order valence-electron chi connectivity index (χ4n) is 1.83. The second-order valence-corrected chi connectivity index (χ2v) is 3.72. The molecule has 14 heavy (non-hydrogen) atoms. The molecule has 2 rings (SSSR count). The number of aliphatic hydroxyl groups excluding tert-OH is 1. The van der Waals surface area contributed by atoms with E-state index >= 15 is 0 Å². The van der Waals surface area contributed by atoms with Gasteiger partial charge < -0.3 is 15.4 Å². The lowest BCUT2D eigenvalue weighted by molar-refractivity contribution is 0.141. The van der Waals surface area contributed by atoms with Crippen LogP contribution in [0.15, 0.2) is 4.52 Å². The van der Waals surface area contributed by atoms with E-state index in [0.717, 1.165) is 18.7 Å². The number of nitrogens with two attached hydrogens (primary N) is 1. The van der Waals surface area contributed by atoms with Crippen molar-refractivity contribution in [1.82, 2.24) is 10.1 Å². The average molecular weight is 197 g/mol. The number of aromatic nitrogens is 2. The van der Waals surface area contributed by atoms with E-state index in [0.29, 0.717) is 5.92 Å². The highest BCUT2D eigenvalue weighted by atomic mass is 16.5. The van der Waals surface area contributed by atoms with Crippen LogP contribution in [-0.4, -0.2) is 21.8 Å². The molecule has 0 aromatic carbocycles. The minimum atomic E-state index is -0.822. The van der Waals surface area contributed by atoms with Crippen LogP contribution in [0.4, 0.5) is 0 Å². The summed E-state index contributed by atoms with van der Waals surface area (Å²) in [7, 11) is 0. The molecule has 1 aromatic heterocycles. The van der Waals surface area contributed by atoms with E-state index in [1.807, 2.05) is 0 Å². The van der Waals surface area contributed by atoms with Gasteiger partial charge in [-0.25, -0.2) is 0 Å². The van der Waals surface area contributed by atoms with E-state index in [1.54, 1.807) is 0 Å². The number of nitrogens with zero attached hydrogens (tertiary/aromatic N) is 2. The summed E-state index contributed by atoms with van der Waals surface area (Å²) < 4.78 is 4.94. The van der Waals surface area contributed by atoms with Crippen molar-refractivity contribution in [3.05, 3.63) is 11.7 Å². The van der Waals surface area contributed by atoms with E-state index in [2.05, 4.69) is 10.1 Å². The lowest BCUT2D eigenvalue weighted by Gasteiger charge is -2.00. The molecule has 1 saturated carbocycles. The Labute approximate surface area is 82.3 Å². The molecular formula is C9H15N3O2. The summed E-state index contributed by atoms with van der Waals surface area (Å²) in [5.74, 6) is 1.39. The van der Waals surface area contributed by atoms with Crippen LogP contribution in [0.3, 0.4) is 0 Å². The normalized spacial score (nSPS) is 20.1. The Morgan fingerprint density at radius 2 is 2.21 bits per heavy atom. The smallest absolute Gasteiger partial charge is 0.256 e. The highest BCUT2D eigenvalue weighted by Gasteiger charge is 2.23. The maximum atomic E-state index is 9.36. The molecule has 1 fully saturated rings. The summed E-state index contributed by atoms with van der Waals surface area (Å²) in [4.78, 5) is 4.16. The molecule has 1 aromatic rings. The van der Waals surface area contributed by atoms with Crippen LogP contribution in [0, 0.1) is 0 Å². The van der Waals surface area contributed by atoms with Crippen molar-refractivity contribution < 1.29 is 9.63 Å². The first-order chi connectivity index (χ1) is 6.81. The SMILES string of the molecule is NC[C@H](O)c1nc(C2CCCC2)no1. The summed E-state index contributed by atoms with van der Waals surface area (Å²) in [5, 5.41) is 13.2. The Bertz CT molecular complexity index is 294. The largest absolute Gasteiger partial charge is 0.382 e. The molecule has 0 unspecified atom stereocenters. The van der Waals surface area contributed by atoms with Crippen LogP contribution in [0.2, 0.25) is 0 Å². The van der Waals surface area contributed by atoms with Gasteiger partial charge >= 0.3 is 0 Å². The molecule has 0 saturated heterocycles. The summed E-state index contributed by atoms with van der Waals surface area (Å²) in [6.07, 6.45) is 3.88. The maximum Gasteiger partial charge on any atom is 0.256 e. The van der Waals surface area contributed by atoms with E-state index < -0.39 is 6.10 Å². The molecule has 0 spiro atoms. The van der Waals surface area contributed by atoms with Gasteiger partial charge in [0.05, 0.1) is 0 Å². The molecule has 5 heteroatoms. The minimum Gasteiger partial charge on any atom is -0.382 e. The van der Waals surface area contributed by atoms with Gasteiger partial charge in [-0.3, -0.25) is 0 Å². The van der Waals surface area contributed by atoms with Crippen molar-refractivity contribution in [2.24, 2.45) is 5.73 Å². The molecule has 1 atom stereocenters. The highest BCUT2D eigenvalue weighted by Crippen LogP contribution is 2.32. The first kappa shape index (κ1) is 9.61. The van der Waals surface area contributed by atoms with Crippen LogP contribution >= 0.6 is 0 Å². The minimum absolute atomic E-state index is 0.117. The monoisotopic (exact) mass is 197 g/mol. The van der Waals surface area contributed by atoms with Gasteiger partial charge in [0.1, 0.15) is 6.10 Å². The molecule has 0 amide bonds. The summed E-state index contributed by atoms with van der Waals surface area (Å²) in [6.45, 7) is 0.117. The molecule has 3 N–H and O–H groups in total. The van der Waals surface area contributed by atoms with E-state index in [9.17, 15) is 5.11 Å². The van der Waals surface area contributed by atoms with Crippen LogP contribution < -0.4 is 5.73 Å². The van der Waals surface area contributed by atoms with Crippen molar-refractivity contribution in [1.29, 1.82) is 0 Å². The van der Waals surface area contributed by atoms with E-state index in [1.165, 1.54) is 12.8 Å². The number of aliphatic hydroxyl groups is 1. The molecule has 1 aliphatic rings. The third-order valence-corrected chi connectivity index (χ3v) is 2.69. The van der Waals surface area contributed by atoms with Crippen LogP contribution in [0.1, 0.15) is 49.4 Å². The van der Waals surface area contributed by atoms with Crippen molar-refractivity contribution in [3.8, 4) is 0 Å². The van der Waals surface area contributed by atoms with Crippen LogP contribution in [0.25, 0.3) is 0 Å². The zero-order valence-electron chi connectivity index (χ0n) is 8.02. The summed E-state index contributed by atoms with van der Waals surface area (Å²) >= 11 is 0. The van der Waals surface area contributed by atoms with E-state index in [-0.39, 0.29) is 12.4 Å².